The number of aliphatic imine (C=N–C) groups is 1. The number of benzene rings is 2. The van der Waals surface area contributed by atoms with Gasteiger partial charge in [0.1, 0.15) is 12.2 Å². The van der Waals surface area contributed by atoms with Gasteiger partial charge < -0.3 is 45.3 Å². The van der Waals surface area contributed by atoms with E-state index in [4.69, 9.17) is 24.7 Å². The molecule has 320 valence electrons. The number of nitrogens with one attached hydrogen (secondary N) is 1. The number of hydrogen-bond donors (Lipinski definition) is 5. The van der Waals surface area contributed by atoms with E-state index < -0.39 is 17.6 Å². The van der Waals surface area contributed by atoms with E-state index in [9.17, 15) is 20.1 Å². The summed E-state index contributed by atoms with van der Waals surface area (Å²) in [6.07, 6.45) is 12.8. The molecule has 59 heavy (non-hydrogen) atoms. The third-order valence-corrected chi connectivity index (χ3v) is 16.0. The summed E-state index contributed by atoms with van der Waals surface area (Å²) in [7, 11) is 5.50. The summed E-state index contributed by atoms with van der Waals surface area (Å²) in [5.41, 5.74) is 8.26. The van der Waals surface area contributed by atoms with Crippen LogP contribution in [0.25, 0.3) is 0 Å². The van der Waals surface area contributed by atoms with Gasteiger partial charge in [-0.25, -0.2) is 0 Å². The second kappa shape index (κ2) is 19.1. The van der Waals surface area contributed by atoms with E-state index in [2.05, 4.69) is 22.2 Å². The third kappa shape index (κ3) is 9.97. The molecular formula is C45H60N4O8S2. The van der Waals surface area contributed by atoms with E-state index in [-0.39, 0.29) is 64.5 Å². The third-order valence-electron chi connectivity index (χ3n) is 12.8. The van der Waals surface area contributed by atoms with E-state index in [1.807, 2.05) is 45.9 Å². The molecule has 8 atom stereocenters. The lowest BCUT2D eigenvalue weighted by atomic mass is 9.59. The van der Waals surface area contributed by atoms with E-state index in [1.54, 1.807) is 31.6 Å². The molecule has 2 saturated carbocycles. The lowest BCUT2D eigenvalue weighted by Gasteiger charge is -2.57. The number of guanidine groups is 1. The van der Waals surface area contributed by atoms with Crippen LogP contribution < -0.4 is 20.5 Å². The summed E-state index contributed by atoms with van der Waals surface area (Å²) in [4.78, 5) is 21.3. The predicted octanol–water partition coefficient (Wildman–Crippen LogP) is 8.16. The first-order chi connectivity index (χ1) is 28.5. The number of phenols is 3. The number of phenolic OH excluding ortho intramolecular Hbond substituents is 3. The molecule has 3 heterocycles. The fourth-order valence-electron chi connectivity index (χ4n) is 9.95. The molecule has 2 aliphatic carbocycles. The normalized spacial score (nSPS) is 29.6. The van der Waals surface area contributed by atoms with Crippen molar-refractivity contribution in [2.75, 3.05) is 19.4 Å². The van der Waals surface area contributed by atoms with Gasteiger partial charge in [0.05, 0.1) is 24.4 Å². The number of rotatable bonds is 11. The molecule has 0 radical (unpaired) electrons. The number of ether oxygens (including phenoxy) is 4. The number of carbonyl (C=O) groups is 1. The smallest absolute Gasteiger partial charge is 0.302 e. The molecule has 1 saturated heterocycles. The zero-order valence-corrected chi connectivity index (χ0v) is 36.1. The zero-order valence-electron chi connectivity index (χ0n) is 34.4. The largest absolute Gasteiger partial charge is 0.504 e. The lowest BCUT2D eigenvalue weighted by Crippen LogP contribution is -2.59. The Kier molecular flexibility index (Phi) is 14.0. The van der Waals surface area contributed by atoms with Gasteiger partial charge in [-0.3, -0.25) is 14.8 Å². The highest BCUT2D eigenvalue weighted by Gasteiger charge is 2.58. The molecular weight excluding hydrogens is 789 g/mol. The van der Waals surface area contributed by atoms with E-state index in [0.717, 1.165) is 81.1 Å². The highest BCUT2D eigenvalue weighted by atomic mass is 33.1. The molecule has 4 aliphatic rings. The van der Waals surface area contributed by atoms with E-state index in [0.29, 0.717) is 36.5 Å². The molecule has 8 unspecified atom stereocenters. The monoisotopic (exact) mass is 848 g/mol. The van der Waals surface area contributed by atoms with Crippen LogP contribution in [-0.4, -0.2) is 80.7 Å². The van der Waals surface area contributed by atoms with E-state index in [1.165, 1.54) is 13.0 Å². The van der Waals surface area contributed by atoms with Gasteiger partial charge in [-0.1, -0.05) is 59.9 Å². The number of unbranched alkanes of at least 4 members (excludes halogenated alkanes) is 2. The average Bonchev–Trinajstić information content (AvgIpc) is 3.22. The van der Waals surface area contributed by atoms with Gasteiger partial charge in [0, 0.05) is 68.0 Å². The number of nitrogens with zero attached hydrogens (tertiary/aromatic N) is 2. The summed E-state index contributed by atoms with van der Waals surface area (Å²) in [5, 5.41) is 36.9. The number of pyridine rings is 1. The number of nitrogens with two attached hydrogens (primary N) is 1. The van der Waals surface area contributed by atoms with E-state index >= 15 is 0 Å². The van der Waals surface area contributed by atoms with Crippen molar-refractivity contribution < 1.29 is 39.1 Å². The Balaban J connectivity index is 1.28. The molecule has 0 spiro atoms. The molecule has 2 aromatic carbocycles. The van der Waals surface area contributed by atoms with Gasteiger partial charge in [-0.15, -0.1) is 0 Å². The Bertz CT molecular complexity index is 1940. The maximum atomic E-state index is 12.8. The fraction of sp³-hybridized carbons (Fsp3) is 0.578. The molecule has 12 nitrogen and oxygen atoms in total. The quantitative estimate of drug-likeness (QED) is 0.0312. The number of carbonyl (C=O) groups excluding carboxylic acids is 1. The Morgan fingerprint density at radius 2 is 1.98 bits per heavy atom. The number of esters is 1. The van der Waals surface area contributed by atoms with Crippen LogP contribution in [0.3, 0.4) is 0 Å². The van der Waals surface area contributed by atoms with Crippen molar-refractivity contribution in [3.8, 4) is 28.7 Å². The first-order valence-electron chi connectivity index (χ1n) is 21.2. The van der Waals surface area contributed by atoms with Gasteiger partial charge in [0.2, 0.25) is 5.75 Å². The van der Waals surface area contributed by atoms with Gasteiger partial charge in [0.15, 0.2) is 29.0 Å². The average molecular weight is 849 g/mol. The maximum absolute atomic E-state index is 12.8. The Morgan fingerprint density at radius 3 is 2.76 bits per heavy atom. The Labute approximate surface area is 355 Å². The van der Waals surface area contributed by atoms with Crippen molar-refractivity contribution in [3.63, 3.8) is 0 Å². The predicted molar refractivity (Wildman–Crippen MR) is 232 cm³/mol. The minimum atomic E-state index is -0.571. The van der Waals surface area contributed by atoms with Gasteiger partial charge >= 0.3 is 5.97 Å². The first kappa shape index (κ1) is 43.1. The van der Waals surface area contributed by atoms with Crippen LogP contribution in [-0.2, 0) is 27.1 Å². The van der Waals surface area contributed by atoms with Crippen molar-refractivity contribution in [3.05, 3.63) is 71.5 Å². The minimum Gasteiger partial charge on any atom is -0.504 e. The number of aromatic hydroxyl groups is 3. The second-order valence-corrected chi connectivity index (χ2v) is 19.5. The Hall–Kier alpha value is -4.01. The summed E-state index contributed by atoms with van der Waals surface area (Å²) < 4.78 is 26.4. The molecule has 1 aromatic heterocycles. The second-order valence-electron chi connectivity index (χ2n) is 16.9. The standard InChI is InChI=1S/C45H60N4O8S2/c1-4-5-6-17-45-24-30-11-13-34(51)38(20-30)56-32-10-7-16-44(25-32,49-43(46)47-3)27-58-59-40(45)14-12-33-37(55-28(2)50)23-36(57-42(33)45)31-21-35(52)41(53)39(22-31)54-19-15-29-9-8-18-48-26-29/h8-9,11,13,18,20-22,26,32-33,36-37,40,42,51-53H,4-7,10,12,14-17,19,23-25,27H2,1-3H3,(H3,46,47,49). The number of fused-ring (bicyclic) bond motifs is 7. The molecule has 2 aliphatic heterocycles. The van der Waals surface area contributed by atoms with Crippen molar-refractivity contribution in [2.24, 2.45) is 22.1 Å². The highest BCUT2D eigenvalue weighted by molar-refractivity contribution is 8.77. The van der Waals surface area contributed by atoms with Crippen LogP contribution in [0.5, 0.6) is 28.7 Å². The number of hydrogen-bond acceptors (Lipinski definition) is 12. The topological polar surface area (TPSA) is 178 Å². The molecule has 14 heteroatoms. The first-order valence-corrected chi connectivity index (χ1v) is 23.6. The highest BCUT2D eigenvalue weighted by Crippen LogP contribution is 2.59. The summed E-state index contributed by atoms with van der Waals surface area (Å²) in [6, 6.07) is 12.9. The van der Waals surface area contributed by atoms with Gasteiger partial charge in [-0.2, -0.15) is 0 Å². The van der Waals surface area contributed by atoms with Gasteiger partial charge in [0.25, 0.3) is 0 Å². The van der Waals surface area contributed by atoms with Crippen LogP contribution in [0.1, 0.15) is 107 Å². The number of aromatic nitrogens is 1. The fourth-order valence-corrected chi connectivity index (χ4v) is 13.7. The minimum absolute atomic E-state index is 0.0733. The van der Waals surface area contributed by atoms with Gasteiger partial charge in [-0.05, 0) is 92.0 Å². The summed E-state index contributed by atoms with van der Waals surface area (Å²) in [5.74, 6) is 0.867. The Morgan fingerprint density at radius 1 is 1.12 bits per heavy atom. The van der Waals surface area contributed by atoms with Crippen LogP contribution in [0.2, 0.25) is 0 Å². The lowest BCUT2D eigenvalue weighted by molar-refractivity contribution is -0.212. The summed E-state index contributed by atoms with van der Waals surface area (Å²) in [6.45, 7) is 3.94. The van der Waals surface area contributed by atoms with Crippen LogP contribution in [0.15, 0.2) is 59.9 Å². The molecule has 0 amide bonds. The summed E-state index contributed by atoms with van der Waals surface area (Å²) >= 11 is 0. The van der Waals surface area contributed by atoms with Crippen LogP contribution in [0, 0.1) is 11.3 Å². The molecule has 3 aromatic rings. The molecule has 7 rings (SSSR count). The maximum Gasteiger partial charge on any atom is 0.302 e. The molecule has 6 N–H and O–H groups in total. The molecule has 4 bridgehead atoms. The van der Waals surface area contributed by atoms with Crippen LogP contribution >= 0.6 is 21.6 Å². The van der Waals surface area contributed by atoms with Crippen molar-refractivity contribution in [1.82, 2.24) is 10.3 Å². The van der Waals surface area contributed by atoms with Crippen molar-refractivity contribution in [2.45, 2.75) is 133 Å². The van der Waals surface area contributed by atoms with Crippen molar-refractivity contribution >= 4 is 33.5 Å². The zero-order chi connectivity index (χ0) is 41.6. The molecule has 3 fully saturated rings. The van der Waals surface area contributed by atoms with Crippen molar-refractivity contribution in [1.29, 1.82) is 0 Å². The SMILES string of the molecule is CCCCCC12Cc3ccc(O)c(c3)OC3CCCC(NC(N)=NC)(CSSC1CCC1C(OC(C)=O)CC(c4cc(O)c(O)c(OCCc5cccnc5)c4)OC12)C3. The van der Waals surface area contributed by atoms with Crippen LogP contribution in [0.4, 0.5) is 0 Å².